The first-order valence-corrected chi connectivity index (χ1v) is 6.64. The SMILES string of the molecule is CN(Cc1ccccc1)C(=O)COC(=O)c1cccn1C. The lowest BCUT2D eigenvalue weighted by atomic mass is 10.2. The number of hydrogen-bond donors (Lipinski definition) is 0. The van der Waals surface area contributed by atoms with Crippen molar-refractivity contribution >= 4 is 11.9 Å². The van der Waals surface area contributed by atoms with E-state index in [2.05, 4.69) is 0 Å². The second-order valence-electron chi connectivity index (χ2n) is 4.82. The van der Waals surface area contributed by atoms with Crippen LogP contribution in [0.4, 0.5) is 0 Å². The summed E-state index contributed by atoms with van der Waals surface area (Å²) in [7, 11) is 3.44. The van der Waals surface area contributed by atoms with Crippen LogP contribution in [0.15, 0.2) is 48.7 Å². The van der Waals surface area contributed by atoms with Crippen molar-refractivity contribution < 1.29 is 14.3 Å². The maximum absolute atomic E-state index is 11.9. The summed E-state index contributed by atoms with van der Waals surface area (Å²) < 4.78 is 6.69. The highest BCUT2D eigenvalue weighted by molar-refractivity contribution is 5.89. The highest BCUT2D eigenvalue weighted by Crippen LogP contribution is 2.05. The molecule has 5 heteroatoms. The van der Waals surface area contributed by atoms with Gasteiger partial charge in [-0.25, -0.2) is 4.79 Å². The van der Waals surface area contributed by atoms with E-state index in [4.69, 9.17) is 4.74 Å². The van der Waals surface area contributed by atoms with Gasteiger partial charge in [0.2, 0.25) is 0 Å². The molecule has 0 atom stereocenters. The molecule has 0 spiro atoms. The Bertz CT molecular complexity index is 619. The molecule has 1 heterocycles. The van der Waals surface area contributed by atoms with Crippen LogP contribution in [0, 0.1) is 0 Å². The van der Waals surface area contributed by atoms with E-state index in [9.17, 15) is 9.59 Å². The number of aromatic nitrogens is 1. The van der Waals surface area contributed by atoms with Gasteiger partial charge < -0.3 is 14.2 Å². The van der Waals surface area contributed by atoms with Crippen LogP contribution in [-0.2, 0) is 23.1 Å². The smallest absolute Gasteiger partial charge is 0.355 e. The van der Waals surface area contributed by atoms with Crippen LogP contribution in [0.3, 0.4) is 0 Å². The van der Waals surface area contributed by atoms with E-state index in [0.29, 0.717) is 12.2 Å². The first-order valence-electron chi connectivity index (χ1n) is 6.64. The first-order chi connectivity index (χ1) is 10.1. The van der Waals surface area contributed by atoms with Crippen molar-refractivity contribution in [3.63, 3.8) is 0 Å². The number of carbonyl (C=O) groups excluding carboxylic acids is 2. The zero-order valence-electron chi connectivity index (χ0n) is 12.2. The predicted molar refractivity (Wildman–Crippen MR) is 78.6 cm³/mol. The van der Waals surface area contributed by atoms with Gasteiger partial charge in [-0.2, -0.15) is 0 Å². The van der Waals surface area contributed by atoms with Crippen LogP contribution >= 0.6 is 0 Å². The molecule has 1 aromatic carbocycles. The summed E-state index contributed by atoms with van der Waals surface area (Å²) in [5.74, 6) is -0.731. The second kappa shape index (κ2) is 6.74. The number of hydrogen-bond acceptors (Lipinski definition) is 3. The van der Waals surface area contributed by atoms with Gasteiger partial charge in [-0.05, 0) is 17.7 Å². The molecular weight excluding hydrogens is 268 g/mol. The van der Waals surface area contributed by atoms with E-state index in [1.165, 1.54) is 4.90 Å². The van der Waals surface area contributed by atoms with E-state index in [1.807, 2.05) is 30.3 Å². The first kappa shape index (κ1) is 14.8. The third-order valence-corrected chi connectivity index (χ3v) is 3.17. The average Bonchev–Trinajstić information content (AvgIpc) is 2.91. The number of likely N-dealkylation sites (N-methyl/N-ethyl adjacent to an activating group) is 1. The number of nitrogens with zero attached hydrogens (tertiary/aromatic N) is 2. The Kier molecular flexibility index (Phi) is 4.77. The molecule has 0 saturated heterocycles. The van der Waals surface area contributed by atoms with Crippen LogP contribution in [0.2, 0.25) is 0 Å². The molecule has 5 nitrogen and oxygen atoms in total. The van der Waals surface area contributed by atoms with Crippen LogP contribution in [-0.4, -0.2) is 35.0 Å². The average molecular weight is 286 g/mol. The summed E-state index contributed by atoms with van der Waals surface area (Å²) in [6, 6.07) is 13.1. The van der Waals surface area contributed by atoms with Crippen molar-refractivity contribution in [1.82, 2.24) is 9.47 Å². The summed E-state index contributed by atoms with van der Waals surface area (Å²) in [5, 5.41) is 0. The van der Waals surface area contributed by atoms with Gasteiger partial charge in [0, 0.05) is 26.8 Å². The fourth-order valence-electron chi connectivity index (χ4n) is 1.93. The Labute approximate surface area is 123 Å². The molecule has 110 valence electrons. The van der Waals surface area contributed by atoms with Gasteiger partial charge >= 0.3 is 5.97 Å². The van der Waals surface area contributed by atoms with Crippen molar-refractivity contribution in [3.8, 4) is 0 Å². The maximum Gasteiger partial charge on any atom is 0.355 e. The van der Waals surface area contributed by atoms with Gasteiger partial charge in [0.05, 0.1) is 0 Å². The Morgan fingerprint density at radius 2 is 1.86 bits per heavy atom. The summed E-state index contributed by atoms with van der Waals surface area (Å²) in [5.41, 5.74) is 1.45. The second-order valence-corrected chi connectivity index (χ2v) is 4.82. The molecule has 1 aromatic heterocycles. The van der Waals surface area contributed by atoms with Crippen molar-refractivity contribution in [3.05, 3.63) is 59.9 Å². The van der Waals surface area contributed by atoms with Gasteiger partial charge in [0.1, 0.15) is 5.69 Å². The number of amides is 1. The Morgan fingerprint density at radius 1 is 1.14 bits per heavy atom. The lowest BCUT2D eigenvalue weighted by molar-refractivity contribution is -0.133. The third-order valence-electron chi connectivity index (χ3n) is 3.17. The van der Waals surface area contributed by atoms with Crippen molar-refractivity contribution in [2.24, 2.45) is 7.05 Å². The van der Waals surface area contributed by atoms with Gasteiger partial charge in [-0.3, -0.25) is 4.79 Å². The molecule has 0 aliphatic rings. The van der Waals surface area contributed by atoms with Gasteiger partial charge in [-0.1, -0.05) is 30.3 Å². The summed E-state index contributed by atoms with van der Waals surface area (Å²) >= 11 is 0. The topological polar surface area (TPSA) is 51.5 Å². The lowest BCUT2D eigenvalue weighted by Gasteiger charge is -2.17. The van der Waals surface area contributed by atoms with Crippen LogP contribution in [0.1, 0.15) is 16.1 Å². The van der Waals surface area contributed by atoms with Gasteiger partial charge in [0.15, 0.2) is 6.61 Å². The van der Waals surface area contributed by atoms with Crippen LogP contribution in [0.5, 0.6) is 0 Å². The molecular formula is C16H18N2O3. The molecule has 0 fully saturated rings. The molecule has 2 aromatic rings. The van der Waals surface area contributed by atoms with Crippen LogP contribution in [0.25, 0.3) is 0 Å². The third kappa shape index (κ3) is 3.95. The minimum Gasteiger partial charge on any atom is -0.451 e. The minimum absolute atomic E-state index is 0.235. The maximum atomic E-state index is 11.9. The zero-order valence-corrected chi connectivity index (χ0v) is 12.2. The molecule has 0 bridgehead atoms. The Morgan fingerprint density at radius 3 is 2.48 bits per heavy atom. The summed E-state index contributed by atoms with van der Waals surface area (Å²) in [6.45, 7) is 0.231. The molecule has 0 unspecified atom stereocenters. The largest absolute Gasteiger partial charge is 0.451 e. The van der Waals surface area contributed by atoms with Crippen molar-refractivity contribution in [2.75, 3.05) is 13.7 Å². The molecule has 0 N–H and O–H groups in total. The zero-order chi connectivity index (χ0) is 15.2. The molecule has 1 amide bonds. The molecule has 21 heavy (non-hydrogen) atoms. The van der Waals surface area contributed by atoms with E-state index in [0.717, 1.165) is 5.56 Å². The lowest BCUT2D eigenvalue weighted by Crippen LogP contribution is -2.31. The molecule has 0 aliphatic heterocycles. The van der Waals surface area contributed by atoms with Gasteiger partial charge in [0.25, 0.3) is 5.91 Å². The molecule has 0 saturated carbocycles. The standard InChI is InChI=1S/C16H18N2O3/c1-17-10-6-9-14(17)16(20)21-12-15(19)18(2)11-13-7-4-3-5-8-13/h3-10H,11-12H2,1-2H3. The number of carbonyl (C=O) groups is 2. The predicted octanol–water partition coefficient (Wildman–Crippen LogP) is 1.84. The number of benzene rings is 1. The minimum atomic E-state index is -0.496. The van der Waals surface area contributed by atoms with E-state index < -0.39 is 5.97 Å². The van der Waals surface area contributed by atoms with Gasteiger partial charge in [-0.15, -0.1) is 0 Å². The normalized spacial score (nSPS) is 10.2. The number of aryl methyl sites for hydroxylation is 1. The van der Waals surface area contributed by atoms with E-state index in [1.54, 1.807) is 37.0 Å². The van der Waals surface area contributed by atoms with E-state index in [-0.39, 0.29) is 12.5 Å². The number of esters is 1. The number of rotatable bonds is 5. The molecule has 2 rings (SSSR count). The number of ether oxygens (including phenoxy) is 1. The highest BCUT2D eigenvalue weighted by Gasteiger charge is 2.15. The monoisotopic (exact) mass is 286 g/mol. The summed E-state index contributed by atoms with van der Waals surface area (Å²) in [4.78, 5) is 25.3. The molecule has 0 aliphatic carbocycles. The summed E-state index contributed by atoms with van der Waals surface area (Å²) in [6.07, 6.45) is 1.75. The van der Waals surface area contributed by atoms with Crippen molar-refractivity contribution in [1.29, 1.82) is 0 Å². The highest BCUT2D eigenvalue weighted by atomic mass is 16.5. The van der Waals surface area contributed by atoms with Crippen molar-refractivity contribution in [2.45, 2.75) is 6.54 Å². The Balaban J connectivity index is 1.84. The molecule has 0 radical (unpaired) electrons. The quantitative estimate of drug-likeness (QED) is 0.788. The van der Waals surface area contributed by atoms with E-state index >= 15 is 0 Å². The fraction of sp³-hybridized carbons (Fsp3) is 0.250. The fourth-order valence-corrected chi connectivity index (χ4v) is 1.93. The Hall–Kier alpha value is -2.56. The van der Waals surface area contributed by atoms with Crippen LogP contribution < -0.4 is 0 Å².